The fourth-order valence-corrected chi connectivity index (χ4v) is 3.50. The molecule has 21 heavy (non-hydrogen) atoms. The molecule has 2 heterocycles. The van der Waals surface area contributed by atoms with Crippen LogP contribution in [0.5, 0.6) is 5.75 Å². The molecular weight excluding hydrogens is 260 g/mol. The molecule has 2 aromatic rings. The smallest absolute Gasteiger partial charge is 0.124 e. The Morgan fingerprint density at radius 3 is 2.67 bits per heavy atom. The van der Waals surface area contributed by atoms with Gasteiger partial charge in [-0.05, 0) is 11.6 Å². The lowest BCUT2D eigenvalue weighted by molar-refractivity contribution is 0.0895. The summed E-state index contributed by atoms with van der Waals surface area (Å²) in [6.45, 7) is 3.87. The predicted octanol–water partition coefficient (Wildman–Crippen LogP) is 2.77. The number of nitrogens with one attached hydrogen (secondary N) is 1. The number of para-hydroxylation sites is 1. The van der Waals surface area contributed by atoms with Gasteiger partial charge in [-0.15, -0.1) is 0 Å². The highest BCUT2D eigenvalue weighted by molar-refractivity contribution is 5.39. The molecule has 0 aromatic heterocycles. The van der Waals surface area contributed by atoms with Crippen molar-refractivity contribution < 1.29 is 4.74 Å². The normalized spacial score (nSPS) is 25.3. The molecule has 3 nitrogen and oxygen atoms in total. The number of ether oxygens (including phenoxy) is 1. The van der Waals surface area contributed by atoms with Crippen molar-refractivity contribution in [3.05, 3.63) is 65.7 Å². The highest BCUT2D eigenvalue weighted by Crippen LogP contribution is 2.39. The predicted molar refractivity (Wildman–Crippen MR) is 83.4 cm³/mol. The molecular formula is C18H20N2O. The maximum Gasteiger partial charge on any atom is 0.124 e. The van der Waals surface area contributed by atoms with E-state index in [1.54, 1.807) is 0 Å². The summed E-state index contributed by atoms with van der Waals surface area (Å²) in [7, 11) is 0. The van der Waals surface area contributed by atoms with E-state index in [2.05, 4.69) is 58.7 Å². The minimum absolute atomic E-state index is 0.369. The molecule has 0 amide bonds. The van der Waals surface area contributed by atoms with Crippen LogP contribution in [0.15, 0.2) is 54.6 Å². The van der Waals surface area contributed by atoms with Crippen LogP contribution in [0, 0.1) is 0 Å². The van der Waals surface area contributed by atoms with E-state index in [0.717, 1.165) is 32.0 Å². The van der Waals surface area contributed by atoms with Crippen molar-refractivity contribution in [3.8, 4) is 5.75 Å². The first-order chi connectivity index (χ1) is 10.4. The Bertz CT molecular complexity index is 610. The van der Waals surface area contributed by atoms with Crippen molar-refractivity contribution in [2.24, 2.45) is 0 Å². The second-order valence-electron chi connectivity index (χ2n) is 5.73. The summed E-state index contributed by atoms with van der Waals surface area (Å²) < 4.78 is 5.89. The summed E-state index contributed by atoms with van der Waals surface area (Å²) >= 11 is 0. The molecule has 0 radical (unpaired) electrons. The molecule has 3 heteroatoms. The Kier molecular flexibility index (Phi) is 3.37. The van der Waals surface area contributed by atoms with Gasteiger partial charge in [0.2, 0.25) is 0 Å². The largest absolute Gasteiger partial charge is 0.491 e. The minimum atomic E-state index is 0.369. The number of hydrogen-bond donors (Lipinski definition) is 1. The maximum atomic E-state index is 5.89. The third-order valence-corrected chi connectivity index (χ3v) is 4.54. The quantitative estimate of drug-likeness (QED) is 0.915. The Morgan fingerprint density at radius 1 is 0.952 bits per heavy atom. The van der Waals surface area contributed by atoms with Crippen LogP contribution in [-0.4, -0.2) is 31.1 Å². The molecule has 2 unspecified atom stereocenters. The molecule has 1 N–H and O–H groups in total. The van der Waals surface area contributed by atoms with Crippen molar-refractivity contribution in [1.82, 2.24) is 10.2 Å². The van der Waals surface area contributed by atoms with Crippen LogP contribution in [0.4, 0.5) is 0 Å². The summed E-state index contributed by atoms with van der Waals surface area (Å²) in [4.78, 5) is 2.59. The van der Waals surface area contributed by atoms with E-state index < -0.39 is 0 Å². The number of hydrogen-bond acceptors (Lipinski definition) is 3. The second-order valence-corrected chi connectivity index (χ2v) is 5.73. The average molecular weight is 280 g/mol. The SMILES string of the molecule is c1ccc(C2CNCCN2C2COc3ccccc32)cc1. The minimum Gasteiger partial charge on any atom is -0.491 e. The van der Waals surface area contributed by atoms with Crippen LogP contribution in [0.25, 0.3) is 0 Å². The van der Waals surface area contributed by atoms with Crippen molar-refractivity contribution in [2.75, 3.05) is 26.2 Å². The van der Waals surface area contributed by atoms with Gasteiger partial charge in [0.05, 0.1) is 6.04 Å². The fourth-order valence-electron chi connectivity index (χ4n) is 3.50. The molecule has 4 rings (SSSR count). The van der Waals surface area contributed by atoms with Gasteiger partial charge in [-0.2, -0.15) is 0 Å². The third kappa shape index (κ3) is 2.33. The second kappa shape index (κ2) is 5.51. The molecule has 0 spiro atoms. The molecule has 0 bridgehead atoms. The first-order valence-electron chi connectivity index (χ1n) is 7.66. The van der Waals surface area contributed by atoms with E-state index >= 15 is 0 Å². The number of rotatable bonds is 2. The maximum absolute atomic E-state index is 5.89. The topological polar surface area (TPSA) is 24.5 Å². The average Bonchev–Trinajstić information content (AvgIpc) is 3.00. The molecule has 0 saturated carbocycles. The van der Waals surface area contributed by atoms with Gasteiger partial charge in [0.25, 0.3) is 0 Å². The van der Waals surface area contributed by atoms with Crippen LogP contribution in [0.1, 0.15) is 23.2 Å². The zero-order valence-corrected chi connectivity index (χ0v) is 12.0. The molecule has 0 aliphatic carbocycles. The van der Waals surface area contributed by atoms with Crippen LogP contribution in [0.3, 0.4) is 0 Å². The van der Waals surface area contributed by atoms with Crippen molar-refractivity contribution in [3.63, 3.8) is 0 Å². The summed E-state index contributed by atoms with van der Waals surface area (Å²) in [5.74, 6) is 1.05. The standard InChI is InChI=1S/C18H20N2O/c1-2-6-14(7-3-1)16-12-19-10-11-20(16)17-13-21-18-9-5-4-8-15(17)18/h1-9,16-17,19H,10-13H2. The summed E-state index contributed by atoms with van der Waals surface area (Å²) in [6.07, 6.45) is 0. The molecule has 2 aliphatic rings. The number of fused-ring (bicyclic) bond motifs is 1. The highest BCUT2D eigenvalue weighted by Gasteiger charge is 2.35. The van der Waals surface area contributed by atoms with Gasteiger partial charge in [-0.3, -0.25) is 4.90 Å². The van der Waals surface area contributed by atoms with Gasteiger partial charge in [0.15, 0.2) is 0 Å². The van der Waals surface area contributed by atoms with Gasteiger partial charge in [-0.1, -0.05) is 48.5 Å². The molecule has 2 aromatic carbocycles. The monoisotopic (exact) mass is 280 g/mol. The van der Waals surface area contributed by atoms with Gasteiger partial charge in [0, 0.05) is 31.2 Å². The van der Waals surface area contributed by atoms with Crippen LogP contribution < -0.4 is 10.1 Å². The van der Waals surface area contributed by atoms with E-state index in [9.17, 15) is 0 Å². The molecule has 108 valence electrons. The lowest BCUT2D eigenvalue weighted by Crippen LogP contribution is -2.47. The number of nitrogens with zero attached hydrogens (tertiary/aromatic N) is 1. The van der Waals surface area contributed by atoms with Crippen molar-refractivity contribution >= 4 is 0 Å². The Morgan fingerprint density at radius 2 is 1.76 bits per heavy atom. The summed E-state index contributed by atoms with van der Waals surface area (Å²) in [5.41, 5.74) is 2.72. The lowest BCUT2D eigenvalue weighted by Gasteiger charge is -2.40. The Hall–Kier alpha value is -1.84. The van der Waals surface area contributed by atoms with E-state index in [0.29, 0.717) is 12.1 Å². The number of benzene rings is 2. The first kappa shape index (κ1) is 12.9. The van der Waals surface area contributed by atoms with Crippen LogP contribution in [-0.2, 0) is 0 Å². The molecule has 1 saturated heterocycles. The Labute approximate surface area is 125 Å². The Balaban J connectivity index is 1.67. The number of piperazine rings is 1. The zero-order chi connectivity index (χ0) is 14.1. The van der Waals surface area contributed by atoms with Crippen molar-refractivity contribution in [1.29, 1.82) is 0 Å². The van der Waals surface area contributed by atoms with Crippen LogP contribution in [0.2, 0.25) is 0 Å². The van der Waals surface area contributed by atoms with E-state index in [1.807, 2.05) is 6.07 Å². The van der Waals surface area contributed by atoms with Gasteiger partial charge in [-0.25, -0.2) is 0 Å². The van der Waals surface area contributed by atoms with Gasteiger partial charge in [0.1, 0.15) is 12.4 Å². The first-order valence-corrected chi connectivity index (χ1v) is 7.66. The third-order valence-electron chi connectivity index (χ3n) is 4.54. The molecule has 2 aliphatic heterocycles. The van der Waals surface area contributed by atoms with Crippen LogP contribution >= 0.6 is 0 Å². The summed E-state index contributed by atoms with van der Waals surface area (Å²) in [6, 6.07) is 20.0. The van der Waals surface area contributed by atoms with E-state index in [4.69, 9.17) is 4.74 Å². The van der Waals surface area contributed by atoms with Crippen molar-refractivity contribution in [2.45, 2.75) is 12.1 Å². The summed E-state index contributed by atoms with van der Waals surface area (Å²) in [5, 5.41) is 3.53. The lowest BCUT2D eigenvalue weighted by atomic mass is 9.98. The molecule has 1 fully saturated rings. The zero-order valence-electron chi connectivity index (χ0n) is 12.0. The molecule has 2 atom stereocenters. The van der Waals surface area contributed by atoms with E-state index in [1.165, 1.54) is 11.1 Å². The van der Waals surface area contributed by atoms with E-state index in [-0.39, 0.29) is 0 Å². The highest BCUT2D eigenvalue weighted by atomic mass is 16.5. The fraction of sp³-hybridized carbons (Fsp3) is 0.333. The van der Waals surface area contributed by atoms with Gasteiger partial charge >= 0.3 is 0 Å². The van der Waals surface area contributed by atoms with Gasteiger partial charge < -0.3 is 10.1 Å².